The predicted molar refractivity (Wildman–Crippen MR) is 169 cm³/mol. The van der Waals surface area contributed by atoms with E-state index in [4.69, 9.17) is 14.2 Å². The predicted octanol–water partition coefficient (Wildman–Crippen LogP) is 4.83. The van der Waals surface area contributed by atoms with Crippen molar-refractivity contribution in [3.63, 3.8) is 0 Å². The molecule has 45 heavy (non-hydrogen) atoms. The van der Waals surface area contributed by atoms with E-state index in [1.807, 2.05) is 58.0 Å². The summed E-state index contributed by atoms with van der Waals surface area (Å²) in [4.78, 5) is 27.6. The maximum absolute atomic E-state index is 14.2. The van der Waals surface area contributed by atoms with Crippen molar-refractivity contribution >= 4 is 23.1 Å². The van der Waals surface area contributed by atoms with Crippen LogP contribution in [0.15, 0.2) is 71.6 Å². The number of hydrogen-bond donors (Lipinski definition) is 3. The molecule has 2 saturated carbocycles. The van der Waals surface area contributed by atoms with Gasteiger partial charge in [0, 0.05) is 17.8 Å². The molecule has 9 heteroatoms. The van der Waals surface area contributed by atoms with Crippen molar-refractivity contribution in [2.45, 2.75) is 88.7 Å². The first-order chi connectivity index (χ1) is 21.0. The fourth-order valence-corrected chi connectivity index (χ4v) is 9.62. The van der Waals surface area contributed by atoms with Crippen LogP contribution < -0.4 is 0 Å². The molecular weight excluding hydrogens is 592 g/mol. The Labute approximate surface area is 268 Å². The number of carbonyl (C=O) groups is 2. The summed E-state index contributed by atoms with van der Waals surface area (Å²) in [5, 5.41) is 39.3. The van der Waals surface area contributed by atoms with Crippen LogP contribution >= 0.6 is 11.3 Å². The van der Waals surface area contributed by atoms with Gasteiger partial charge in [-0.25, -0.2) is 4.79 Å². The maximum atomic E-state index is 14.2. The number of aliphatic hydroxyl groups is 3. The molecule has 1 aromatic heterocycles. The van der Waals surface area contributed by atoms with Crippen LogP contribution in [0.5, 0.6) is 0 Å². The molecule has 2 heterocycles. The number of fused-ring (bicyclic) bond motifs is 5. The summed E-state index contributed by atoms with van der Waals surface area (Å²) in [7, 11) is 0. The zero-order chi connectivity index (χ0) is 32.9. The van der Waals surface area contributed by atoms with Crippen LogP contribution in [0.25, 0.3) is 0 Å². The standard InChI is InChI=1S/C36H44O8S/c1-19(2)34(40)21(4)22(5)36(44-32(7,8)24-13-10-9-11-14-24)26-17-20(3)28(37)35(26,41)23(6)33(30(43-33)27(36)29(34)38)18-42-31(39)25-15-12-16-45-25/h9-17,21-23,26-27,29-30,38,40-41H,1,18H2,2-8H3/t21-,22-,23-,26?,27-,29-,30+,33-,34+,35-,36+/m1/s1. The molecule has 6 rings (SSSR count). The average molecular weight is 637 g/mol. The number of aliphatic hydroxyl groups excluding tert-OH is 1. The van der Waals surface area contributed by atoms with Crippen LogP contribution in [0.1, 0.15) is 63.7 Å². The highest BCUT2D eigenvalue weighted by Crippen LogP contribution is 2.69. The molecule has 11 atom stereocenters. The molecule has 4 aliphatic rings. The van der Waals surface area contributed by atoms with Gasteiger partial charge < -0.3 is 29.5 Å². The quantitative estimate of drug-likeness (QED) is 0.224. The van der Waals surface area contributed by atoms with E-state index in [-0.39, 0.29) is 6.61 Å². The molecule has 8 nitrogen and oxygen atoms in total. The van der Waals surface area contributed by atoms with Gasteiger partial charge in [-0.05, 0) is 67.7 Å². The smallest absolute Gasteiger partial charge is 0.348 e. The zero-order valence-corrected chi connectivity index (χ0v) is 27.8. The Morgan fingerprint density at radius 1 is 1.09 bits per heavy atom. The zero-order valence-electron chi connectivity index (χ0n) is 26.9. The fourth-order valence-electron chi connectivity index (χ4n) is 9.00. The van der Waals surface area contributed by atoms with Crippen LogP contribution in [0.3, 0.4) is 0 Å². The van der Waals surface area contributed by atoms with Crippen molar-refractivity contribution in [3.8, 4) is 0 Å². The van der Waals surface area contributed by atoms with E-state index in [1.54, 1.807) is 44.4 Å². The Balaban J connectivity index is 1.57. The third kappa shape index (κ3) is 4.21. The largest absolute Gasteiger partial charge is 0.458 e. The van der Waals surface area contributed by atoms with Gasteiger partial charge in [0.2, 0.25) is 0 Å². The van der Waals surface area contributed by atoms with Crippen LogP contribution in [0, 0.1) is 29.6 Å². The van der Waals surface area contributed by atoms with Crippen molar-refractivity contribution in [1.82, 2.24) is 0 Å². The average Bonchev–Trinajstić information content (AvgIpc) is 3.35. The number of esters is 1. The Morgan fingerprint density at radius 2 is 1.76 bits per heavy atom. The van der Waals surface area contributed by atoms with Gasteiger partial charge in [0.1, 0.15) is 28.3 Å². The Hall–Kier alpha value is -2.66. The second-order valence-corrected chi connectivity index (χ2v) is 15.2. The molecule has 3 fully saturated rings. The fraction of sp³-hybridized carbons (Fsp3) is 0.556. The summed E-state index contributed by atoms with van der Waals surface area (Å²) in [5.41, 5.74) is -5.82. The Bertz CT molecular complexity index is 1550. The lowest BCUT2D eigenvalue weighted by Gasteiger charge is -2.63. The van der Waals surface area contributed by atoms with E-state index in [0.29, 0.717) is 16.0 Å². The molecule has 1 saturated heterocycles. The summed E-state index contributed by atoms with van der Waals surface area (Å²) >= 11 is 1.25. The molecule has 3 N–H and O–H groups in total. The van der Waals surface area contributed by atoms with Gasteiger partial charge >= 0.3 is 5.97 Å². The van der Waals surface area contributed by atoms with Crippen LogP contribution in [-0.4, -0.2) is 68.3 Å². The second kappa shape index (κ2) is 10.4. The van der Waals surface area contributed by atoms with E-state index in [9.17, 15) is 24.9 Å². The molecule has 1 aliphatic heterocycles. The van der Waals surface area contributed by atoms with E-state index in [1.165, 1.54) is 11.3 Å². The number of benzene rings is 1. The maximum Gasteiger partial charge on any atom is 0.348 e. The Kier molecular flexibility index (Phi) is 7.48. The number of epoxide rings is 1. The summed E-state index contributed by atoms with van der Waals surface area (Å²) < 4.78 is 19.7. The van der Waals surface area contributed by atoms with Crippen molar-refractivity contribution < 1.29 is 39.1 Å². The number of thiophene rings is 1. The number of Topliss-reactive ketones (excluding diaryl/α,β-unsaturated/α-hetero) is 1. The van der Waals surface area contributed by atoms with E-state index < -0.39 is 81.6 Å². The van der Waals surface area contributed by atoms with Crippen LogP contribution in [-0.2, 0) is 24.6 Å². The summed E-state index contributed by atoms with van der Waals surface area (Å²) in [6, 6.07) is 13.1. The highest BCUT2D eigenvalue weighted by Gasteiger charge is 2.84. The summed E-state index contributed by atoms with van der Waals surface area (Å²) in [5.74, 6) is -4.85. The van der Waals surface area contributed by atoms with E-state index in [0.717, 1.165) is 5.56 Å². The normalized spacial score (nSPS) is 42.1. The van der Waals surface area contributed by atoms with Gasteiger partial charge in [-0.1, -0.05) is 69.8 Å². The summed E-state index contributed by atoms with van der Waals surface area (Å²) in [6.07, 6.45) is -0.502. The van der Waals surface area contributed by atoms with Crippen LogP contribution in [0.2, 0.25) is 0 Å². The number of hydrogen-bond acceptors (Lipinski definition) is 9. The molecule has 1 unspecified atom stereocenters. The molecule has 3 aliphatic carbocycles. The molecule has 0 spiro atoms. The molecule has 242 valence electrons. The van der Waals surface area contributed by atoms with Gasteiger partial charge in [0.15, 0.2) is 5.78 Å². The third-order valence-corrected chi connectivity index (χ3v) is 12.6. The lowest BCUT2D eigenvalue weighted by Crippen LogP contribution is -2.74. The Morgan fingerprint density at radius 3 is 2.36 bits per heavy atom. The first-order valence-electron chi connectivity index (χ1n) is 15.7. The van der Waals surface area contributed by atoms with Crippen molar-refractivity contribution in [1.29, 1.82) is 0 Å². The topological polar surface area (TPSA) is 126 Å². The summed E-state index contributed by atoms with van der Waals surface area (Å²) in [6.45, 7) is 16.6. The molecule has 2 aromatic rings. The lowest BCUT2D eigenvalue weighted by atomic mass is 9.50. The first-order valence-corrected chi connectivity index (χ1v) is 16.5. The molecule has 1 aromatic carbocycles. The van der Waals surface area contributed by atoms with Gasteiger partial charge in [-0.3, -0.25) is 4.79 Å². The molecule has 0 bridgehead atoms. The minimum atomic E-state index is -2.01. The lowest BCUT2D eigenvalue weighted by molar-refractivity contribution is -0.309. The van der Waals surface area contributed by atoms with Gasteiger partial charge in [-0.15, -0.1) is 11.3 Å². The van der Waals surface area contributed by atoms with Gasteiger partial charge in [0.05, 0.1) is 23.4 Å². The third-order valence-electron chi connectivity index (χ3n) is 11.8. The number of carbonyl (C=O) groups excluding carboxylic acids is 2. The first kappa shape index (κ1) is 32.3. The monoisotopic (exact) mass is 636 g/mol. The SMILES string of the molecule is C=C(C)[C@]1(O)[C@H](C)[C@@H](C)[C@]2(OC(C)(C)c3ccccc3)C3C=C(C)C(=O)[C@@]3(O)[C@H](C)[C@@]3(COC(=O)c4cccs4)O[C@H]3[C@H]2[C@H]1O. The number of rotatable bonds is 7. The van der Waals surface area contributed by atoms with Gasteiger partial charge in [-0.2, -0.15) is 0 Å². The second-order valence-electron chi connectivity index (χ2n) is 14.2. The number of ether oxygens (including phenoxy) is 3. The van der Waals surface area contributed by atoms with Gasteiger partial charge in [0.25, 0.3) is 0 Å². The molecular formula is C36H44O8S. The minimum absolute atomic E-state index is 0.256. The van der Waals surface area contributed by atoms with Crippen molar-refractivity contribution in [2.75, 3.05) is 6.61 Å². The molecule has 0 amide bonds. The number of ketones is 1. The minimum Gasteiger partial charge on any atom is -0.458 e. The van der Waals surface area contributed by atoms with Crippen molar-refractivity contribution in [2.24, 2.45) is 29.6 Å². The van der Waals surface area contributed by atoms with E-state index in [2.05, 4.69) is 6.58 Å². The van der Waals surface area contributed by atoms with Crippen molar-refractivity contribution in [3.05, 3.63) is 82.1 Å². The van der Waals surface area contributed by atoms with Crippen LogP contribution in [0.4, 0.5) is 0 Å². The highest BCUT2D eigenvalue weighted by molar-refractivity contribution is 7.11. The van der Waals surface area contributed by atoms with E-state index >= 15 is 0 Å². The molecule has 0 radical (unpaired) electrons. The highest BCUT2D eigenvalue weighted by atomic mass is 32.1.